The number of hydrogen-bond acceptors (Lipinski definition) is 6. The van der Waals surface area contributed by atoms with Crippen LogP contribution in [0.1, 0.15) is 52.0 Å². The van der Waals surface area contributed by atoms with E-state index in [-0.39, 0.29) is 47.7 Å². The van der Waals surface area contributed by atoms with E-state index in [4.69, 9.17) is 19.3 Å². The lowest BCUT2D eigenvalue weighted by atomic mass is 9.43. The third-order valence-electron chi connectivity index (χ3n) is 9.08. The highest BCUT2D eigenvalue weighted by atomic mass is 16.7. The summed E-state index contributed by atoms with van der Waals surface area (Å²) in [6.07, 6.45) is 2.36. The van der Waals surface area contributed by atoms with Crippen LogP contribution in [0.25, 0.3) is 0 Å². The number of amides is 2. The van der Waals surface area contributed by atoms with Crippen LogP contribution >= 0.6 is 0 Å². The molecule has 0 radical (unpaired) electrons. The van der Waals surface area contributed by atoms with Gasteiger partial charge in [-0.2, -0.15) is 5.26 Å². The quantitative estimate of drug-likeness (QED) is 0.586. The molecule has 6 rings (SSSR count). The average Bonchev–Trinajstić information content (AvgIpc) is 3.21. The molecule has 1 aromatic carbocycles. The molecule has 9 heteroatoms. The molecule has 36 heavy (non-hydrogen) atoms. The van der Waals surface area contributed by atoms with Crippen LogP contribution in [-0.4, -0.2) is 67.3 Å². The van der Waals surface area contributed by atoms with Crippen LogP contribution in [0.3, 0.4) is 0 Å². The van der Waals surface area contributed by atoms with Gasteiger partial charge in [0.1, 0.15) is 6.42 Å². The molecule has 5 fully saturated rings. The summed E-state index contributed by atoms with van der Waals surface area (Å²) in [6.45, 7) is 7.97. The van der Waals surface area contributed by atoms with Crippen molar-refractivity contribution in [2.24, 2.45) is 17.3 Å². The van der Waals surface area contributed by atoms with Crippen molar-refractivity contribution < 1.29 is 23.6 Å². The average molecular weight is 493 g/mol. The largest absolute Gasteiger partial charge is 0.482 e. The third-order valence-corrected chi connectivity index (χ3v) is 9.08. The van der Waals surface area contributed by atoms with E-state index < -0.39 is 13.2 Å². The van der Waals surface area contributed by atoms with E-state index in [1.165, 1.54) is 6.42 Å². The Morgan fingerprint density at radius 1 is 1.25 bits per heavy atom. The maximum absolute atomic E-state index is 13.2. The first-order chi connectivity index (χ1) is 17.2. The van der Waals surface area contributed by atoms with Gasteiger partial charge in [-0.3, -0.25) is 9.59 Å². The summed E-state index contributed by atoms with van der Waals surface area (Å²) in [5, 5.41) is 12.0. The number of nitrogens with one attached hydrogen (secondary N) is 1. The van der Waals surface area contributed by atoms with E-state index in [2.05, 4.69) is 26.1 Å². The second kappa shape index (κ2) is 9.81. The van der Waals surface area contributed by atoms with E-state index in [0.717, 1.165) is 12.0 Å². The zero-order valence-electron chi connectivity index (χ0n) is 21.4. The van der Waals surface area contributed by atoms with Gasteiger partial charge >= 0.3 is 7.12 Å². The molecule has 2 heterocycles. The van der Waals surface area contributed by atoms with Gasteiger partial charge in [-0.05, 0) is 49.0 Å². The molecule has 0 aromatic heterocycles. The van der Waals surface area contributed by atoms with Crippen LogP contribution in [0.15, 0.2) is 30.3 Å². The number of nitrogens with zero attached hydrogens (tertiary/aromatic N) is 2. The number of morpholine rings is 1. The topological polar surface area (TPSA) is 101 Å². The maximum Gasteiger partial charge on any atom is 0.482 e. The molecule has 2 saturated heterocycles. The summed E-state index contributed by atoms with van der Waals surface area (Å²) in [4.78, 5) is 26.9. The van der Waals surface area contributed by atoms with Crippen molar-refractivity contribution in [2.45, 2.75) is 76.6 Å². The minimum atomic E-state index is -0.528. The van der Waals surface area contributed by atoms with Crippen LogP contribution in [0.5, 0.6) is 0 Å². The predicted octanol–water partition coefficient (Wildman–Crippen LogP) is 2.51. The summed E-state index contributed by atoms with van der Waals surface area (Å²) in [7, 11) is -0.528. The van der Waals surface area contributed by atoms with Gasteiger partial charge in [0, 0.05) is 13.1 Å². The fourth-order valence-corrected chi connectivity index (χ4v) is 6.88. The van der Waals surface area contributed by atoms with Gasteiger partial charge in [0.2, 0.25) is 11.8 Å². The molecule has 2 amide bonds. The van der Waals surface area contributed by atoms with Crippen LogP contribution in [-0.2, 0) is 30.1 Å². The van der Waals surface area contributed by atoms with Crippen LogP contribution < -0.4 is 5.32 Å². The number of carbonyl (C=O) groups is 2. The summed E-state index contributed by atoms with van der Waals surface area (Å²) < 4.78 is 19.0. The van der Waals surface area contributed by atoms with E-state index in [0.29, 0.717) is 38.0 Å². The SMILES string of the molecule is CC1(C)C2CC1[C@]1(C)OB(C(Cc3ccccc3)NC(=O)CC3CN(C(=O)CC#N)CCO3)O[C@@H]1C2. The monoisotopic (exact) mass is 493 g/mol. The van der Waals surface area contributed by atoms with Crippen molar-refractivity contribution >= 4 is 18.9 Å². The zero-order valence-corrected chi connectivity index (χ0v) is 21.4. The Morgan fingerprint density at radius 2 is 2.03 bits per heavy atom. The smallest absolute Gasteiger partial charge is 0.404 e. The van der Waals surface area contributed by atoms with Crippen molar-refractivity contribution in [2.75, 3.05) is 19.7 Å². The summed E-state index contributed by atoms with van der Waals surface area (Å²) in [5.41, 5.74) is 0.993. The molecule has 5 aliphatic rings. The van der Waals surface area contributed by atoms with Crippen LogP contribution in [0.4, 0.5) is 0 Å². The lowest BCUT2D eigenvalue weighted by Gasteiger charge is -2.64. The first-order valence-electron chi connectivity index (χ1n) is 13.1. The van der Waals surface area contributed by atoms with Gasteiger partial charge in [-0.1, -0.05) is 44.2 Å². The summed E-state index contributed by atoms with van der Waals surface area (Å²) in [5.74, 6) is 0.368. The Bertz CT molecular complexity index is 1030. The van der Waals surface area contributed by atoms with Gasteiger partial charge in [-0.15, -0.1) is 0 Å². The van der Waals surface area contributed by atoms with Crippen LogP contribution in [0, 0.1) is 28.6 Å². The fraction of sp³-hybridized carbons (Fsp3) is 0.667. The minimum Gasteiger partial charge on any atom is -0.404 e. The molecule has 192 valence electrons. The molecule has 3 saturated carbocycles. The molecule has 3 aliphatic carbocycles. The second-order valence-corrected chi connectivity index (χ2v) is 11.6. The van der Waals surface area contributed by atoms with E-state index in [9.17, 15) is 9.59 Å². The van der Waals surface area contributed by atoms with E-state index >= 15 is 0 Å². The molecule has 1 aromatic rings. The highest BCUT2D eigenvalue weighted by Crippen LogP contribution is 2.65. The van der Waals surface area contributed by atoms with Gasteiger partial charge < -0.3 is 24.3 Å². The third kappa shape index (κ3) is 4.67. The maximum atomic E-state index is 13.2. The van der Waals surface area contributed by atoms with Crippen molar-refractivity contribution in [1.82, 2.24) is 10.2 Å². The van der Waals surface area contributed by atoms with Gasteiger partial charge in [0.05, 0.1) is 42.8 Å². The second-order valence-electron chi connectivity index (χ2n) is 11.6. The number of carbonyl (C=O) groups excluding carboxylic acids is 2. The van der Waals surface area contributed by atoms with Gasteiger partial charge in [0.15, 0.2) is 0 Å². The highest BCUT2D eigenvalue weighted by molar-refractivity contribution is 6.48. The zero-order chi connectivity index (χ0) is 25.5. The Hall–Kier alpha value is -2.41. The number of rotatable bonds is 7. The van der Waals surface area contributed by atoms with Gasteiger partial charge in [-0.25, -0.2) is 0 Å². The number of hydrogen-bond donors (Lipinski definition) is 1. The lowest BCUT2D eigenvalue weighted by molar-refractivity contribution is -0.199. The normalized spacial score (nSPS) is 33.2. The van der Waals surface area contributed by atoms with Crippen molar-refractivity contribution in [3.8, 4) is 6.07 Å². The molecule has 2 bridgehead atoms. The van der Waals surface area contributed by atoms with E-state index in [1.807, 2.05) is 36.4 Å². The summed E-state index contributed by atoms with van der Waals surface area (Å²) in [6, 6.07) is 12.0. The Balaban J connectivity index is 1.26. The molecule has 6 atom stereocenters. The Labute approximate surface area is 213 Å². The molecule has 4 unspecified atom stereocenters. The highest BCUT2D eigenvalue weighted by Gasteiger charge is 2.68. The number of nitriles is 1. The van der Waals surface area contributed by atoms with Crippen molar-refractivity contribution in [3.63, 3.8) is 0 Å². The molecular formula is C27H36BN3O5. The molecule has 1 N–H and O–H groups in total. The minimum absolute atomic E-state index is 0.0378. The standard InChI is InChI=1S/C27H36BN3O5/c1-26(2)19-14-21(26)27(3)22(15-19)35-28(36-27)23(13-18-7-5-4-6-8-18)30-24(32)16-20-17-31(11-12-34-20)25(33)9-10-29/h4-8,19-23H,9,11-17H2,1-3H3,(H,30,32)/t19?,20?,21?,22-,23?,27+/m1/s1. The molecular weight excluding hydrogens is 457 g/mol. The first-order valence-corrected chi connectivity index (χ1v) is 13.1. The van der Waals surface area contributed by atoms with Crippen LogP contribution in [0.2, 0.25) is 0 Å². The van der Waals surface area contributed by atoms with E-state index in [1.54, 1.807) is 4.90 Å². The number of benzene rings is 1. The first kappa shape index (κ1) is 25.3. The summed E-state index contributed by atoms with van der Waals surface area (Å²) >= 11 is 0. The predicted molar refractivity (Wildman–Crippen MR) is 133 cm³/mol. The Morgan fingerprint density at radius 3 is 2.75 bits per heavy atom. The molecule has 0 spiro atoms. The van der Waals surface area contributed by atoms with Crippen molar-refractivity contribution in [3.05, 3.63) is 35.9 Å². The number of ether oxygens (including phenoxy) is 1. The molecule has 8 nitrogen and oxygen atoms in total. The fourth-order valence-electron chi connectivity index (χ4n) is 6.88. The van der Waals surface area contributed by atoms with Crippen molar-refractivity contribution in [1.29, 1.82) is 5.26 Å². The Kier molecular flexibility index (Phi) is 6.88. The lowest BCUT2D eigenvalue weighted by Crippen LogP contribution is -2.65. The van der Waals surface area contributed by atoms with Gasteiger partial charge in [0.25, 0.3) is 0 Å². The molecule has 2 aliphatic heterocycles.